The first-order valence-electron chi connectivity index (χ1n) is 7.39. The van der Waals surface area contributed by atoms with Gasteiger partial charge >= 0.3 is 5.97 Å². The molecule has 10 heteroatoms. The predicted octanol–water partition coefficient (Wildman–Crippen LogP) is 0.648. The van der Waals surface area contributed by atoms with Crippen LogP contribution in [0.15, 0.2) is 47.5 Å². The monoisotopic (exact) mass is 377 g/mol. The molecule has 0 bridgehead atoms. The van der Waals surface area contributed by atoms with Crippen LogP contribution in [0.25, 0.3) is 0 Å². The van der Waals surface area contributed by atoms with E-state index in [1.54, 1.807) is 6.92 Å². The van der Waals surface area contributed by atoms with Crippen molar-refractivity contribution in [2.24, 2.45) is 0 Å². The molecule has 2 rings (SSSR count). The number of benzene rings is 1. The van der Waals surface area contributed by atoms with Gasteiger partial charge in [-0.25, -0.2) is 22.9 Å². The van der Waals surface area contributed by atoms with Crippen LogP contribution < -0.4 is 10.0 Å². The van der Waals surface area contributed by atoms with Gasteiger partial charge in [0.1, 0.15) is 5.69 Å². The lowest BCUT2D eigenvalue weighted by Gasteiger charge is -2.08. The van der Waals surface area contributed by atoms with Crippen LogP contribution in [0.1, 0.15) is 38.1 Å². The Morgan fingerprint density at radius 2 is 1.62 bits per heavy atom. The number of carbonyl (C=O) groups is 3. The zero-order chi connectivity index (χ0) is 19.3. The Morgan fingerprint density at radius 1 is 1.00 bits per heavy atom. The molecule has 0 fully saturated rings. The molecule has 1 aromatic carbocycles. The molecule has 1 heterocycles. The molecule has 0 radical (unpaired) electrons. The van der Waals surface area contributed by atoms with Crippen molar-refractivity contribution in [3.63, 3.8) is 0 Å². The highest BCUT2D eigenvalue weighted by Crippen LogP contribution is 2.12. The summed E-state index contributed by atoms with van der Waals surface area (Å²) in [6, 6.07) is 7.29. The molecule has 3 N–H and O–H groups in total. The van der Waals surface area contributed by atoms with E-state index in [1.165, 1.54) is 24.3 Å². The smallest absolute Gasteiger partial charge is 0.354 e. The third kappa shape index (κ3) is 4.42. The zero-order valence-corrected chi connectivity index (χ0v) is 14.4. The Kier molecular flexibility index (Phi) is 5.68. The van der Waals surface area contributed by atoms with Gasteiger partial charge in [0.15, 0.2) is 0 Å². The fraction of sp³-hybridized carbons (Fsp3) is 0.125. The van der Waals surface area contributed by atoms with Crippen LogP contribution in [0.2, 0.25) is 0 Å². The molecular weight excluding hydrogens is 362 g/mol. The number of carboxylic acids is 1. The second kappa shape index (κ2) is 7.74. The number of hydrogen-bond acceptors (Lipinski definition) is 6. The van der Waals surface area contributed by atoms with Crippen molar-refractivity contribution in [3.05, 3.63) is 59.4 Å². The van der Waals surface area contributed by atoms with Gasteiger partial charge in [0, 0.05) is 18.3 Å². The second-order valence-electron chi connectivity index (χ2n) is 5.06. The number of nitrogens with zero attached hydrogens (tertiary/aromatic N) is 1. The van der Waals surface area contributed by atoms with Crippen LogP contribution in [0.5, 0.6) is 0 Å². The molecule has 0 saturated carbocycles. The summed E-state index contributed by atoms with van der Waals surface area (Å²) in [5.74, 6) is -2.57. The Labute approximate surface area is 149 Å². The van der Waals surface area contributed by atoms with Crippen molar-refractivity contribution in [1.82, 2.24) is 15.0 Å². The molecule has 0 aliphatic rings. The highest BCUT2D eigenvalue weighted by atomic mass is 32.2. The molecule has 0 aliphatic heterocycles. The molecule has 0 unspecified atom stereocenters. The number of carbonyl (C=O) groups excluding carboxylic acids is 2. The van der Waals surface area contributed by atoms with Gasteiger partial charge in [-0.3, -0.25) is 9.59 Å². The first kappa shape index (κ1) is 19.1. The van der Waals surface area contributed by atoms with Crippen LogP contribution in [-0.2, 0) is 10.0 Å². The molecule has 0 spiro atoms. The highest BCUT2D eigenvalue weighted by Gasteiger charge is 2.20. The summed E-state index contributed by atoms with van der Waals surface area (Å²) in [6.07, 6.45) is 0.965. The van der Waals surface area contributed by atoms with Crippen LogP contribution in [0.3, 0.4) is 0 Å². The van der Waals surface area contributed by atoms with E-state index in [2.05, 4.69) is 10.3 Å². The highest BCUT2D eigenvalue weighted by molar-refractivity contribution is 7.90. The second-order valence-corrected chi connectivity index (χ2v) is 6.74. The summed E-state index contributed by atoms with van der Waals surface area (Å²) in [7, 11) is -4.16. The van der Waals surface area contributed by atoms with Crippen LogP contribution in [0.4, 0.5) is 0 Å². The Hall–Kier alpha value is -3.27. The number of hydrogen-bond donors (Lipinski definition) is 3. The van der Waals surface area contributed by atoms with Crippen molar-refractivity contribution < 1.29 is 27.9 Å². The van der Waals surface area contributed by atoms with E-state index in [4.69, 9.17) is 5.11 Å². The van der Waals surface area contributed by atoms with Gasteiger partial charge < -0.3 is 10.4 Å². The summed E-state index contributed by atoms with van der Waals surface area (Å²) >= 11 is 0. The Morgan fingerprint density at radius 3 is 2.12 bits per heavy atom. The van der Waals surface area contributed by atoms with Crippen molar-refractivity contribution in [3.8, 4) is 0 Å². The van der Waals surface area contributed by atoms with Crippen molar-refractivity contribution >= 4 is 27.8 Å². The summed E-state index contributed by atoms with van der Waals surface area (Å²) in [5.41, 5.74) is -0.103. The molecule has 2 aromatic rings. The van der Waals surface area contributed by atoms with E-state index in [0.29, 0.717) is 6.54 Å². The third-order valence-corrected chi connectivity index (χ3v) is 4.58. The van der Waals surface area contributed by atoms with Gasteiger partial charge in [-0.15, -0.1) is 0 Å². The Balaban J connectivity index is 2.15. The lowest BCUT2D eigenvalue weighted by Crippen LogP contribution is -2.30. The first-order valence-corrected chi connectivity index (χ1v) is 8.87. The molecule has 0 atom stereocenters. The number of sulfonamides is 1. The van der Waals surface area contributed by atoms with Crippen molar-refractivity contribution in [2.45, 2.75) is 11.8 Å². The number of pyridine rings is 1. The van der Waals surface area contributed by atoms with E-state index >= 15 is 0 Å². The van der Waals surface area contributed by atoms with Gasteiger partial charge in [-0.2, -0.15) is 0 Å². The minimum atomic E-state index is -4.16. The fourth-order valence-corrected chi connectivity index (χ4v) is 2.92. The third-order valence-electron chi connectivity index (χ3n) is 3.24. The summed E-state index contributed by atoms with van der Waals surface area (Å²) in [6.45, 7) is 2.19. The SMILES string of the molecule is CCNC(=O)c1ccc(S(=O)(=O)NC(=O)c2ccc(C(=O)O)nc2)cc1. The maximum atomic E-state index is 12.3. The quantitative estimate of drug-likeness (QED) is 0.670. The van der Waals surface area contributed by atoms with Crippen LogP contribution in [0, 0.1) is 0 Å². The molecule has 0 saturated heterocycles. The van der Waals surface area contributed by atoms with Gasteiger partial charge in [-0.05, 0) is 43.3 Å². The number of amides is 2. The van der Waals surface area contributed by atoms with Crippen molar-refractivity contribution in [1.29, 1.82) is 0 Å². The molecule has 26 heavy (non-hydrogen) atoms. The molecule has 9 nitrogen and oxygen atoms in total. The molecule has 2 amide bonds. The number of aromatic nitrogens is 1. The summed E-state index contributed by atoms with van der Waals surface area (Å²) in [4.78, 5) is 37.8. The average Bonchev–Trinajstić information content (AvgIpc) is 2.61. The topological polar surface area (TPSA) is 143 Å². The van der Waals surface area contributed by atoms with E-state index in [0.717, 1.165) is 18.3 Å². The number of nitrogens with one attached hydrogen (secondary N) is 2. The standard InChI is InChI=1S/C16H15N3O6S/c1-2-17-14(20)10-3-6-12(7-4-10)26(24,25)19-15(21)11-5-8-13(16(22)23)18-9-11/h3-9H,2H2,1H3,(H,17,20)(H,19,21)(H,22,23). The van der Waals surface area contributed by atoms with Crippen LogP contribution >= 0.6 is 0 Å². The van der Waals surface area contributed by atoms with Gasteiger partial charge in [0.05, 0.1) is 10.5 Å². The summed E-state index contributed by atoms with van der Waals surface area (Å²) < 4.78 is 26.4. The maximum Gasteiger partial charge on any atom is 0.354 e. The lowest BCUT2D eigenvalue weighted by molar-refractivity contribution is 0.0689. The maximum absolute atomic E-state index is 12.3. The molecule has 0 aliphatic carbocycles. The molecule has 136 valence electrons. The summed E-state index contributed by atoms with van der Waals surface area (Å²) in [5, 5.41) is 11.3. The minimum Gasteiger partial charge on any atom is -0.477 e. The van der Waals surface area contributed by atoms with Gasteiger partial charge in [0.25, 0.3) is 21.8 Å². The number of rotatable bonds is 6. The average molecular weight is 377 g/mol. The number of aromatic carboxylic acids is 1. The zero-order valence-electron chi connectivity index (χ0n) is 13.6. The van der Waals surface area contributed by atoms with Gasteiger partial charge in [0.2, 0.25) is 0 Å². The predicted molar refractivity (Wildman–Crippen MR) is 90.3 cm³/mol. The van der Waals surface area contributed by atoms with Crippen LogP contribution in [-0.4, -0.2) is 42.8 Å². The lowest BCUT2D eigenvalue weighted by atomic mass is 10.2. The van der Waals surface area contributed by atoms with Gasteiger partial charge in [-0.1, -0.05) is 0 Å². The molecular formula is C16H15N3O6S. The largest absolute Gasteiger partial charge is 0.477 e. The van der Waals surface area contributed by atoms with E-state index in [-0.39, 0.29) is 27.6 Å². The minimum absolute atomic E-state index is 0.113. The van der Waals surface area contributed by atoms with E-state index in [1.807, 2.05) is 4.72 Å². The normalized spacial score (nSPS) is 10.8. The number of carboxylic acid groups (broad SMARTS) is 1. The first-order chi connectivity index (χ1) is 12.2. The molecule has 1 aromatic heterocycles. The fourth-order valence-electron chi connectivity index (χ4n) is 1.94. The van der Waals surface area contributed by atoms with E-state index < -0.39 is 21.9 Å². The van der Waals surface area contributed by atoms with Crippen molar-refractivity contribution in [2.75, 3.05) is 6.54 Å². The van der Waals surface area contributed by atoms with E-state index in [9.17, 15) is 22.8 Å². The Bertz CT molecular complexity index is 937.